The van der Waals surface area contributed by atoms with Gasteiger partial charge in [0, 0.05) is 22.7 Å². The molecule has 1 aromatic heterocycles. The minimum atomic E-state index is -0.772. The number of fused-ring (bicyclic) bond motifs is 1. The minimum absolute atomic E-state index is 0.0440. The maximum absolute atomic E-state index is 12.8. The predicted molar refractivity (Wildman–Crippen MR) is 131 cm³/mol. The van der Waals surface area contributed by atoms with Gasteiger partial charge in [0.15, 0.2) is 0 Å². The Balaban J connectivity index is 1.58. The zero-order valence-electron chi connectivity index (χ0n) is 18.6. The molecular formula is C26H20N4O5. The summed E-state index contributed by atoms with van der Waals surface area (Å²) in [6, 6.07) is 21.1. The number of hydrogen-bond acceptors (Lipinski definition) is 6. The number of aromatic amines is 1. The first-order chi connectivity index (χ1) is 17.0. The van der Waals surface area contributed by atoms with Crippen LogP contribution in [0.4, 0.5) is 11.4 Å². The third kappa shape index (κ3) is 5.29. The molecule has 174 valence electrons. The van der Waals surface area contributed by atoms with Crippen molar-refractivity contribution in [3.8, 4) is 17.6 Å². The van der Waals surface area contributed by atoms with Gasteiger partial charge in [-0.25, -0.2) is 0 Å². The lowest BCUT2D eigenvalue weighted by Gasteiger charge is -2.07. The number of nitrogens with one attached hydrogen (secondary N) is 2. The Morgan fingerprint density at radius 2 is 1.91 bits per heavy atom. The van der Waals surface area contributed by atoms with Gasteiger partial charge in [0.1, 0.15) is 35.4 Å². The summed E-state index contributed by atoms with van der Waals surface area (Å²) in [6.07, 6.45) is 3.09. The van der Waals surface area contributed by atoms with Gasteiger partial charge in [-0.2, -0.15) is 5.26 Å². The molecule has 0 aliphatic carbocycles. The summed E-state index contributed by atoms with van der Waals surface area (Å²) in [6.45, 7) is 0.397. The van der Waals surface area contributed by atoms with Crippen LogP contribution in [0.3, 0.4) is 0 Å². The van der Waals surface area contributed by atoms with Crippen molar-refractivity contribution in [2.24, 2.45) is 0 Å². The molecule has 0 spiro atoms. The Labute approximate surface area is 200 Å². The third-order valence-electron chi connectivity index (χ3n) is 5.25. The number of amides is 1. The zero-order chi connectivity index (χ0) is 24.8. The largest absolute Gasteiger partial charge is 0.496 e. The topological polar surface area (TPSA) is 130 Å². The summed E-state index contributed by atoms with van der Waals surface area (Å²) >= 11 is 0. The number of nitrogens with zero attached hydrogens (tertiary/aromatic N) is 2. The highest BCUT2D eigenvalue weighted by Crippen LogP contribution is 2.30. The average Bonchev–Trinajstić information content (AvgIpc) is 3.28. The van der Waals surface area contributed by atoms with E-state index in [1.165, 1.54) is 31.4 Å². The zero-order valence-corrected chi connectivity index (χ0v) is 18.6. The first kappa shape index (κ1) is 23.1. The number of aromatic nitrogens is 1. The van der Waals surface area contributed by atoms with E-state index < -0.39 is 10.8 Å². The van der Waals surface area contributed by atoms with Crippen molar-refractivity contribution in [2.75, 3.05) is 12.4 Å². The third-order valence-corrected chi connectivity index (χ3v) is 5.25. The molecule has 4 aromatic rings. The minimum Gasteiger partial charge on any atom is -0.496 e. The van der Waals surface area contributed by atoms with Crippen molar-refractivity contribution in [1.82, 2.24) is 4.98 Å². The number of methoxy groups -OCH3 is 1. The number of carbonyl (C=O) groups is 1. The van der Waals surface area contributed by atoms with E-state index in [0.29, 0.717) is 17.9 Å². The molecule has 0 aliphatic rings. The lowest BCUT2D eigenvalue weighted by molar-refractivity contribution is -0.384. The molecule has 0 atom stereocenters. The standard InChI is InChI=1S/C26H20N4O5/c1-34-20-7-10-24(25(13-20)30(32)33)29-26(31)18(14-27)11-19-15-28-23-9-8-21(12-22(19)23)35-16-17-5-3-2-4-6-17/h2-13,15,28H,16H2,1H3,(H,29,31). The van der Waals surface area contributed by atoms with Gasteiger partial charge in [-0.1, -0.05) is 30.3 Å². The van der Waals surface area contributed by atoms with Gasteiger partial charge in [-0.3, -0.25) is 14.9 Å². The highest BCUT2D eigenvalue weighted by atomic mass is 16.6. The molecule has 0 saturated heterocycles. The lowest BCUT2D eigenvalue weighted by Crippen LogP contribution is -2.14. The summed E-state index contributed by atoms with van der Waals surface area (Å²) in [5, 5.41) is 24.2. The molecule has 9 nitrogen and oxygen atoms in total. The Bertz CT molecular complexity index is 1470. The van der Waals surface area contributed by atoms with Crippen molar-refractivity contribution in [3.63, 3.8) is 0 Å². The van der Waals surface area contributed by atoms with Crippen LogP contribution in [0, 0.1) is 21.4 Å². The van der Waals surface area contributed by atoms with Crippen LogP contribution >= 0.6 is 0 Å². The van der Waals surface area contributed by atoms with E-state index in [1.807, 2.05) is 54.6 Å². The molecule has 0 aliphatic heterocycles. The van der Waals surface area contributed by atoms with Crippen LogP contribution in [0.1, 0.15) is 11.1 Å². The Morgan fingerprint density at radius 1 is 1.14 bits per heavy atom. The maximum atomic E-state index is 12.8. The second-order valence-electron chi connectivity index (χ2n) is 7.49. The fourth-order valence-electron chi connectivity index (χ4n) is 3.46. The summed E-state index contributed by atoms with van der Waals surface area (Å²) in [5.41, 5.74) is 1.82. The van der Waals surface area contributed by atoms with Crippen molar-refractivity contribution in [2.45, 2.75) is 6.61 Å². The van der Waals surface area contributed by atoms with E-state index >= 15 is 0 Å². The first-order valence-corrected chi connectivity index (χ1v) is 10.5. The quantitative estimate of drug-likeness (QED) is 0.158. The van der Waals surface area contributed by atoms with Gasteiger partial charge >= 0.3 is 0 Å². The van der Waals surface area contributed by atoms with Crippen molar-refractivity contribution >= 4 is 34.3 Å². The van der Waals surface area contributed by atoms with Crippen molar-refractivity contribution in [3.05, 3.63) is 99.7 Å². The summed E-state index contributed by atoms with van der Waals surface area (Å²) in [4.78, 5) is 26.6. The molecule has 9 heteroatoms. The van der Waals surface area contributed by atoms with E-state index in [1.54, 1.807) is 6.20 Å². The number of H-pyrrole nitrogens is 1. The van der Waals surface area contributed by atoms with E-state index in [2.05, 4.69) is 10.3 Å². The van der Waals surface area contributed by atoms with Crippen LogP contribution in [0.5, 0.6) is 11.5 Å². The van der Waals surface area contributed by atoms with Crippen LogP contribution in [0.25, 0.3) is 17.0 Å². The predicted octanol–water partition coefficient (Wildman–Crippen LogP) is 5.21. The van der Waals surface area contributed by atoms with Gasteiger partial charge in [0.05, 0.1) is 18.1 Å². The Kier molecular flexibility index (Phi) is 6.74. The van der Waals surface area contributed by atoms with Gasteiger partial charge in [0.2, 0.25) is 0 Å². The van der Waals surface area contributed by atoms with Gasteiger partial charge in [-0.15, -0.1) is 0 Å². The highest BCUT2D eigenvalue weighted by Gasteiger charge is 2.19. The Morgan fingerprint density at radius 3 is 2.63 bits per heavy atom. The normalized spacial score (nSPS) is 11.0. The van der Waals surface area contributed by atoms with Crippen LogP contribution in [-0.2, 0) is 11.4 Å². The number of hydrogen-bond donors (Lipinski definition) is 2. The Hall–Kier alpha value is -5.10. The molecule has 0 bridgehead atoms. The SMILES string of the molecule is COc1ccc(NC(=O)C(C#N)=Cc2c[nH]c3ccc(OCc4ccccc4)cc23)c([N+](=O)[O-])c1. The van der Waals surface area contributed by atoms with E-state index in [9.17, 15) is 20.2 Å². The van der Waals surface area contributed by atoms with Crippen molar-refractivity contribution in [1.29, 1.82) is 5.26 Å². The number of nitriles is 1. The lowest BCUT2D eigenvalue weighted by atomic mass is 10.1. The van der Waals surface area contributed by atoms with Gasteiger partial charge < -0.3 is 19.8 Å². The molecule has 1 heterocycles. The molecule has 3 aromatic carbocycles. The first-order valence-electron chi connectivity index (χ1n) is 10.5. The molecule has 1 amide bonds. The number of nitro benzene ring substituents is 1. The van der Waals surface area contributed by atoms with Gasteiger partial charge in [-0.05, 0) is 42.0 Å². The maximum Gasteiger partial charge on any atom is 0.296 e. The molecule has 0 unspecified atom stereocenters. The molecule has 4 rings (SSSR count). The number of nitro groups is 1. The number of rotatable bonds is 8. The van der Waals surface area contributed by atoms with Gasteiger partial charge in [0.25, 0.3) is 11.6 Å². The smallest absolute Gasteiger partial charge is 0.296 e. The fraction of sp³-hybridized carbons (Fsp3) is 0.0769. The molecular weight excluding hydrogens is 448 g/mol. The second-order valence-corrected chi connectivity index (χ2v) is 7.49. The van der Waals surface area contributed by atoms with E-state index in [0.717, 1.165) is 16.5 Å². The number of anilines is 1. The second kappa shape index (κ2) is 10.2. The van der Waals surface area contributed by atoms with E-state index in [-0.39, 0.29) is 22.7 Å². The number of ether oxygens (including phenoxy) is 2. The molecule has 35 heavy (non-hydrogen) atoms. The van der Waals surface area contributed by atoms with Crippen LogP contribution in [0.2, 0.25) is 0 Å². The number of benzene rings is 3. The van der Waals surface area contributed by atoms with Crippen LogP contribution in [0.15, 0.2) is 78.5 Å². The molecule has 0 radical (unpaired) electrons. The van der Waals surface area contributed by atoms with Crippen LogP contribution < -0.4 is 14.8 Å². The highest BCUT2D eigenvalue weighted by molar-refractivity contribution is 6.11. The van der Waals surface area contributed by atoms with E-state index in [4.69, 9.17) is 9.47 Å². The number of carbonyl (C=O) groups excluding carboxylic acids is 1. The molecule has 0 saturated carbocycles. The molecule has 0 fully saturated rings. The average molecular weight is 468 g/mol. The van der Waals surface area contributed by atoms with Crippen LogP contribution in [-0.4, -0.2) is 22.9 Å². The molecule has 2 N–H and O–H groups in total. The van der Waals surface area contributed by atoms with Crippen molar-refractivity contribution < 1.29 is 19.2 Å². The monoisotopic (exact) mass is 468 g/mol. The summed E-state index contributed by atoms with van der Waals surface area (Å²) in [5.74, 6) is 0.133. The fourth-order valence-corrected chi connectivity index (χ4v) is 3.46. The summed E-state index contributed by atoms with van der Waals surface area (Å²) < 4.78 is 10.9. The summed E-state index contributed by atoms with van der Waals surface area (Å²) in [7, 11) is 1.38.